The molecular weight excluding hydrogens is 271 g/mol. The van der Waals surface area contributed by atoms with Crippen LogP contribution in [0.3, 0.4) is 0 Å². The summed E-state index contributed by atoms with van der Waals surface area (Å²) in [6.45, 7) is 4.81. The average Bonchev–Trinajstić information content (AvgIpc) is 3.08. The van der Waals surface area contributed by atoms with Gasteiger partial charge in [-0.1, -0.05) is 6.92 Å². The van der Waals surface area contributed by atoms with Gasteiger partial charge in [0.25, 0.3) is 0 Å². The number of rotatable bonds is 8. The maximum absolute atomic E-state index is 12.6. The van der Waals surface area contributed by atoms with E-state index in [1.54, 1.807) is 13.8 Å². The maximum atomic E-state index is 12.6. The Bertz CT molecular complexity index is 344. The predicted molar refractivity (Wildman–Crippen MR) is 71.1 cm³/mol. The minimum Gasteiger partial charge on any atom is -0.368 e. The zero-order valence-corrected chi connectivity index (χ0v) is 12.3. The van der Waals surface area contributed by atoms with E-state index in [0.29, 0.717) is 6.54 Å². The van der Waals surface area contributed by atoms with Crippen molar-refractivity contribution in [3.8, 4) is 0 Å². The van der Waals surface area contributed by atoms with Crippen LogP contribution in [0.15, 0.2) is 0 Å². The lowest BCUT2D eigenvalue weighted by atomic mass is 9.92. The topological polar surface area (TPSA) is 58.4 Å². The van der Waals surface area contributed by atoms with E-state index in [0.717, 1.165) is 12.8 Å². The van der Waals surface area contributed by atoms with Gasteiger partial charge in [0.1, 0.15) is 0 Å². The molecule has 1 aliphatic carbocycles. The van der Waals surface area contributed by atoms with E-state index in [1.807, 2.05) is 6.92 Å². The van der Waals surface area contributed by atoms with Crippen LogP contribution in [0.5, 0.6) is 0 Å². The van der Waals surface area contributed by atoms with Gasteiger partial charge in [0.15, 0.2) is 0 Å². The molecule has 0 radical (unpaired) electrons. The Morgan fingerprint density at radius 1 is 1.45 bits per heavy atom. The first-order valence-electron chi connectivity index (χ1n) is 6.96. The van der Waals surface area contributed by atoms with E-state index < -0.39 is 24.2 Å². The predicted octanol–water partition coefficient (Wildman–Crippen LogP) is 1.65. The Labute approximate surface area is 117 Å². The third-order valence-electron chi connectivity index (χ3n) is 3.76. The van der Waals surface area contributed by atoms with Gasteiger partial charge in [-0.3, -0.25) is 9.69 Å². The second-order valence-electron chi connectivity index (χ2n) is 5.80. The Balaban J connectivity index is 2.74. The smallest absolute Gasteiger partial charge is 0.368 e. The van der Waals surface area contributed by atoms with Crippen LogP contribution in [-0.2, 0) is 4.79 Å². The summed E-state index contributed by atoms with van der Waals surface area (Å²) in [6.07, 6.45) is -2.38. The van der Waals surface area contributed by atoms with Crippen molar-refractivity contribution < 1.29 is 18.0 Å². The van der Waals surface area contributed by atoms with E-state index in [-0.39, 0.29) is 18.5 Å². The van der Waals surface area contributed by atoms with Crippen LogP contribution >= 0.6 is 0 Å². The molecule has 0 bridgehead atoms. The number of hydrogen-bond acceptors (Lipinski definition) is 3. The molecule has 1 saturated carbocycles. The molecule has 1 aliphatic rings. The van der Waals surface area contributed by atoms with Gasteiger partial charge in [0, 0.05) is 12.1 Å². The number of amides is 1. The molecule has 0 spiro atoms. The minimum atomic E-state index is -4.22. The van der Waals surface area contributed by atoms with Gasteiger partial charge < -0.3 is 11.1 Å². The summed E-state index contributed by atoms with van der Waals surface area (Å²) < 4.78 is 37.9. The maximum Gasteiger partial charge on any atom is 0.401 e. The van der Waals surface area contributed by atoms with Crippen molar-refractivity contribution in [3.05, 3.63) is 0 Å². The number of nitrogens with one attached hydrogen (secondary N) is 1. The Hall–Kier alpha value is -0.820. The summed E-state index contributed by atoms with van der Waals surface area (Å²) in [5.41, 5.74) is 4.40. The van der Waals surface area contributed by atoms with E-state index >= 15 is 0 Å². The van der Waals surface area contributed by atoms with Gasteiger partial charge in [-0.25, -0.2) is 0 Å². The lowest BCUT2D eigenvalue weighted by Crippen LogP contribution is -2.57. The number of nitrogens with two attached hydrogens (primary N) is 1. The monoisotopic (exact) mass is 295 g/mol. The van der Waals surface area contributed by atoms with Crippen molar-refractivity contribution in [2.75, 3.05) is 13.1 Å². The van der Waals surface area contributed by atoms with Gasteiger partial charge in [-0.2, -0.15) is 13.2 Å². The standard InChI is InChI=1S/C13H24F3N3O/c1-4-18-12(3,11(17)20)7-9(2)19(10-5-6-10)8-13(14,15)16/h9-10,18H,4-8H2,1-3H3,(H2,17,20). The van der Waals surface area contributed by atoms with Gasteiger partial charge in [0.05, 0.1) is 12.1 Å². The lowest BCUT2D eigenvalue weighted by Gasteiger charge is -2.36. The van der Waals surface area contributed by atoms with Crippen molar-refractivity contribution in [1.82, 2.24) is 10.2 Å². The zero-order valence-electron chi connectivity index (χ0n) is 12.3. The molecule has 0 heterocycles. The van der Waals surface area contributed by atoms with Crippen LogP contribution in [0.4, 0.5) is 13.2 Å². The highest BCUT2D eigenvalue weighted by Crippen LogP contribution is 2.33. The first kappa shape index (κ1) is 17.2. The van der Waals surface area contributed by atoms with Crippen LogP contribution in [-0.4, -0.2) is 47.7 Å². The van der Waals surface area contributed by atoms with Crippen molar-refractivity contribution in [1.29, 1.82) is 0 Å². The number of carbonyl (C=O) groups excluding carboxylic acids is 1. The third kappa shape index (κ3) is 4.94. The summed E-state index contributed by atoms with van der Waals surface area (Å²) in [4.78, 5) is 13.0. The Morgan fingerprint density at radius 3 is 2.35 bits per heavy atom. The summed E-state index contributed by atoms with van der Waals surface area (Å²) in [6, 6.07) is -0.383. The first-order chi connectivity index (χ1) is 9.09. The van der Waals surface area contributed by atoms with Gasteiger partial charge >= 0.3 is 6.18 Å². The summed E-state index contributed by atoms with van der Waals surface area (Å²) in [5, 5.41) is 2.98. The van der Waals surface area contributed by atoms with Crippen molar-refractivity contribution in [2.24, 2.45) is 5.73 Å². The molecule has 7 heteroatoms. The van der Waals surface area contributed by atoms with Crippen molar-refractivity contribution in [2.45, 2.75) is 63.8 Å². The molecule has 0 aromatic rings. The molecule has 0 aromatic heterocycles. The molecule has 1 fully saturated rings. The Kier molecular flexibility index (Phi) is 5.43. The molecule has 3 N–H and O–H groups in total. The fourth-order valence-corrected chi connectivity index (χ4v) is 2.62. The highest BCUT2D eigenvalue weighted by molar-refractivity contribution is 5.84. The Morgan fingerprint density at radius 2 is 2.00 bits per heavy atom. The molecular formula is C13H24F3N3O. The number of halogens is 3. The van der Waals surface area contributed by atoms with Crippen molar-refractivity contribution >= 4 is 5.91 Å². The second-order valence-corrected chi connectivity index (χ2v) is 5.80. The van der Waals surface area contributed by atoms with Crippen LogP contribution < -0.4 is 11.1 Å². The normalized spacial score (nSPS) is 20.8. The van der Waals surface area contributed by atoms with E-state index in [9.17, 15) is 18.0 Å². The largest absolute Gasteiger partial charge is 0.401 e. The lowest BCUT2D eigenvalue weighted by molar-refractivity contribution is -0.153. The molecule has 0 saturated heterocycles. The molecule has 20 heavy (non-hydrogen) atoms. The molecule has 2 unspecified atom stereocenters. The fraction of sp³-hybridized carbons (Fsp3) is 0.923. The zero-order chi connectivity index (χ0) is 15.6. The van der Waals surface area contributed by atoms with Gasteiger partial charge in [0.2, 0.25) is 5.91 Å². The third-order valence-corrected chi connectivity index (χ3v) is 3.76. The average molecular weight is 295 g/mol. The highest BCUT2D eigenvalue weighted by Gasteiger charge is 2.42. The van der Waals surface area contributed by atoms with E-state index in [4.69, 9.17) is 5.73 Å². The fourth-order valence-electron chi connectivity index (χ4n) is 2.62. The van der Waals surface area contributed by atoms with Gasteiger partial charge in [-0.15, -0.1) is 0 Å². The SMILES string of the molecule is CCNC(C)(CC(C)N(CC(F)(F)F)C1CC1)C(N)=O. The number of nitrogens with zero attached hydrogens (tertiary/aromatic N) is 1. The molecule has 1 amide bonds. The van der Waals surface area contributed by atoms with Crippen LogP contribution in [0.1, 0.15) is 40.0 Å². The number of carbonyl (C=O) groups is 1. The molecule has 0 aromatic carbocycles. The summed E-state index contributed by atoms with van der Waals surface area (Å²) in [7, 11) is 0. The molecule has 1 rings (SSSR count). The van der Waals surface area contributed by atoms with Gasteiger partial charge in [-0.05, 0) is 39.7 Å². The number of hydrogen-bond donors (Lipinski definition) is 2. The number of likely N-dealkylation sites (N-methyl/N-ethyl adjacent to an activating group) is 1. The minimum absolute atomic E-state index is 0.0228. The summed E-state index contributed by atoms with van der Waals surface area (Å²) in [5.74, 6) is -0.533. The number of primary amides is 1. The molecule has 118 valence electrons. The molecule has 0 aliphatic heterocycles. The van der Waals surface area contributed by atoms with Crippen LogP contribution in [0.25, 0.3) is 0 Å². The van der Waals surface area contributed by atoms with Crippen molar-refractivity contribution in [3.63, 3.8) is 0 Å². The van der Waals surface area contributed by atoms with Crippen LogP contribution in [0.2, 0.25) is 0 Å². The van der Waals surface area contributed by atoms with Crippen LogP contribution in [0, 0.1) is 0 Å². The van der Waals surface area contributed by atoms with E-state index in [2.05, 4.69) is 5.32 Å². The quantitative estimate of drug-likeness (QED) is 0.716. The highest BCUT2D eigenvalue weighted by atomic mass is 19.4. The molecule has 4 nitrogen and oxygen atoms in total. The second kappa shape index (κ2) is 6.30. The van der Waals surface area contributed by atoms with E-state index in [1.165, 1.54) is 4.90 Å². The number of alkyl halides is 3. The summed E-state index contributed by atoms with van der Waals surface area (Å²) >= 11 is 0. The first-order valence-corrected chi connectivity index (χ1v) is 6.96. The molecule has 2 atom stereocenters.